The van der Waals surface area contributed by atoms with Crippen LogP contribution < -0.4 is 10.6 Å². The van der Waals surface area contributed by atoms with Gasteiger partial charge in [0.1, 0.15) is 6.04 Å². The van der Waals surface area contributed by atoms with Crippen molar-refractivity contribution >= 4 is 35.2 Å². The fourth-order valence-electron chi connectivity index (χ4n) is 6.17. The summed E-state index contributed by atoms with van der Waals surface area (Å²) in [5, 5.41) is 15.3. The van der Waals surface area contributed by atoms with Crippen molar-refractivity contribution in [2.75, 3.05) is 25.0 Å². The SMILES string of the molecule is CCCCCNC(=O)C1N(CCCCCCO)C(=O)[C@@H]2[C@H](C(=O)Nc3ccccc3)[C@@H]3CCC12S3. The minimum atomic E-state index is -0.527. The summed E-state index contributed by atoms with van der Waals surface area (Å²) in [7, 11) is 0. The number of carbonyl (C=O) groups excluding carboxylic acids is 3. The van der Waals surface area contributed by atoms with Gasteiger partial charge in [-0.25, -0.2) is 0 Å². The molecule has 3 fully saturated rings. The third kappa shape index (κ3) is 5.24. The quantitative estimate of drug-likeness (QED) is 0.359. The summed E-state index contributed by atoms with van der Waals surface area (Å²) in [6.45, 7) is 3.45. The number of fused-ring (bicyclic) bond motifs is 1. The van der Waals surface area contributed by atoms with Gasteiger partial charge in [0.25, 0.3) is 0 Å². The Morgan fingerprint density at radius 3 is 2.60 bits per heavy atom. The van der Waals surface area contributed by atoms with Crippen LogP contribution in [0.3, 0.4) is 0 Å². The van der Waals surface area contributed by atoms with E-state index >= 15 is 0 Å². The number of unbranched alkanes of at least 4 members (excludes halogenated alkanes) is 5. The largest absolute Gasteiger partial charge is 0.396 e. The van der Waals surface area contributed by atoms with Crippen LogP contribution >= 0.6 is 11.8 Å². The molecular weight excluding hydrogens is 462 g/mol. The second-order valence-electron chi connectivity index (χ2n) is 10.1. The zero-order valence-electron chi connectivity index (χ0n) is 20.7. The Labute approximate surface area is 212 Å². The second-order valence-corrected chi connectivity index (χ2v) is 11.7. The van der Waals surface area contributed by atoms with E-state index < -0.39 is 22.6 Å². The van der Waals surface area contributed by atoms with Crippen LogP contribution in [0.1, 0.15) is 64.7 Å². The lowest BCUT2D eigenvalue weighted by Gasteiger charge is -2.34. The van der Waals surface area contributed by atoms with Crippen molar-refractivity contribution in [3.8, 4) is 0 Å². The van der Waals surface area contributed by atoms with Crippen LogP contribution in [-0.4, -0.2) is 63.5 Å². The molecule has 3 amide bonds. The van der Waals surface area contributed by atoms with Gasteiger partial charge in [-0.05, 0) is 44.2 Å². The maximum atomic E-state index is 13.9. The van der Waals surface area contributed by atoms with Gasteiger partial charge in [-0.2, -0.15) is 0 Å². The van der Waals surface area contributed by atoms with E-state index in [0.717, 1.165) is 63.5 Å². The molecule has 0 aromatic heterocycles. The first-order chi connectivity index (χ1) is 17.0. The van der Waals surface area contributed by atoms with Crippen LogP contribution in [0.2, 0.25) is 0 Å². The fraction of sp³-hybridized carbons (Fsp3) is 0.667. The van der Waals surface area contributed by atoms with Gasteiger partial charge in [0, 0.05) is 30.6 Å². The molecule has 1 spiro atoms. The first-order valence-corrected chi connectivity index (χ1v) is 14.1. The highest BCUT2D eigenvalue weighted by molar-refractivity contribution is 8.02. The number of benzene rings is 1. The number of rotatable bonds is 13. The number of anilines is 1. The third-order valence-electron chi connectivity index (χ3n) is 7.78. The van der Waals surface area contributed by atoms with Crippen LogP contribution in [0, 0.1) is 11.8 Å². The van der Waals surface area contributed by atoms with E-state index in [1.54, 1.807) is 16.7 Å². The van der Waals surface area contributed by atoms with Gasteiger partial charge in [-0.3, -0.25) is 14.4 Å². The Bertz CT molecular complexity index is 898. The number of amides is 3. The van der Waals surface area contributed by atoms with Crippen LogP contribution in [0.25, 0.3) is 0 Å². The van der Waals surface area contributed by atoms with E-state index in [4.69, 9.17) is 5.11 Å². The number of hydrogen-bond acceptors (Lipinski definition) is 5. The molecule has 7 nitrogen and oxygen atoms in total. The Hall–Kier alpha value is -2.06. The normalized spacial score (nSPS) is 28.9. The van der Waals surface area contributed by atoms with Gasteiger partial charge < -0.3 is 20.6 Å². The number of aliphatic hydroxyl groups is 1. The lowest BCUT2D eigenvalue weighted by atomic mass is 9.70. The average Bonchev–Trinajstić information content (AvgIpc) is 3.50. The molecule has 0 radical (unpaired) electrons. The molecule has 3 heterocycles. The molecular formula is C27H39N3O4S. The number of hydrogen-bond donors (Lipinski definition) is 3. The van der Waals surface area contributed by atoms with Gasteiger partial charge in [0.15, 0.2) is 0 Å². The summed E-state index contributed by atoms with van der Waals surface area (Å²) >= 11 is 1.71. The van der Waals surface area contributed by atoms with Crippen molar-refractivity contribution in [3.63, 3.8) is 0 Å². The second kappa shape index (κ2) is 11.8. The summed E-state index contributed by atoms with van der Waals surface area (Å²) in [6, 6.07) is 8.85. The Kier molecular flexibility index (Phi) is 8.76. The molecule has 3 aliphatic heterocycles. The number of aliphatic hydroxyl groups excluding tert-OH is 1. The molecule has 1 aromatic rings. The van der Waals surface area contributed by atoms with Crippen molar-refractivity contribution in [1.82, 2.24) is 10.2 Å². The fourth-order valence-corrected chi connectivity index (χ4v) is 8.39. The molecule has 3 saturated heterocycles. The van der Waals surface area contributed by atoms with Gasteiger partial charge in [0.05, 0.1) is 16.6 Å². The highest BCUT2D eigenvalue weighted by Gasteiger charge is 2.73. The lowest BCUT2D eigenvalue weighted by Crippen LogP contribution is -2.53. The molecule has 0 saturated carbocycles. The Morgan fingerprint density at radius 1 is 1.09 bits per heavy atom. The minimum Gasteiger partial charge on any atom is -0.396 e. The van der Waals surface area contributed by atoms with E-state index in [1.165, 1.54) is 0 Å². The number of nitrogens with one attached hydrogen (secondary N) is 2. The van der Waals surface area contributed by atoms with E-state index in [-0.39, 0.29) is 29.6 Å². The van der Waals surface area contributed by atoms with Crippen LogP contribution in [0.15, 0.2) is 30.3 Å². The van der Waals surface area contributed by atoms with E-state index in [0.29, 0.717) is 13.1 Å². The van der Waals surface area contributed by atoms with Crippen LogP contribution in [-0.2, 0) is 14.4 Å². The Balaban J connectivity index is 1.54. The summed E-state index contributed by atoms with van der Waals surface area (Å²) in [6.07, 6.45) is 8.07. The zero-order chi connectivity index (χ0) is 24.8. The monoisotopic (exact) mass is 501 g/mol. The van der Waals surface area contributed by atoms with Crippen molar-refractivity contribution in [1.29, 1.82) is 0 Å². The standard InChI is InChI=1S/C27H39N3O4S/c1-2-3-9-16-28-25(33)23-27-15-14-20(35-27)21(24(32)29-19-12-7-6-8-13-19)22(27)26(34)30(23)17-10-4-5-11-18-31/h6-8,12-13,20-23,31H,2-5,9-11,14-18H2,1H3,(H,28,33)(H,29,32)/t20-,21+,22-,23?,27?/m0/s1. The summed E-state index contributed by atoms with van der Waals surface area (Å²) in [5.41, 5.74) is 0.732. The first kappa shape index (κ1) is 26.0. The maximum absolute atomic E-state index is 13.9. The minimum absolute atomic E-state index is 0.0382. The summed E-state index contributed by atoms with van der Waals surface area (Å²) in [5.74, 6) is -1.09. The number of nitrogens with zero attached hydrogens (tertiary/aromatic N) is 1. The molecule has 35 heavy (non-hydrogen) atoms. The third-order valence-corrected chi connectivity index (χ3v) is 9.73. The smallest absolute Gasteiger partial charge is 0.244 e. The molecule has 8 heteroatoms. The van der Waals surface area contributed by atoms with E-state index in [9.17, 15) is 14.4 Å². The molecule has 1 aromatic carbocycles. The highest BCUT2D eigenvalue weighted by atomic mass is 32.2. The molecule has 3 N–H and O–H groups in total. The number of likely N-dealkylation sites (tertiary alicyclic amines) is 1. The predicted molar refractivity (Wildman–Crippen MR) is 139 cm³/mol. The predicted octanol–water partition coefficient (Wildman–Crippen LogP) is 3.58. The molecule has 2 bridgehead atoms. The van der Waals surface area contributed by atoms with E-state index in [2.05, 4.69) is 17.6 Å². The van der Waals surface area contributed by atoms with Crippen LogP contribution in [0.4, 0.5) is 5.69 Å². The zero-order valence-corrected chi connectivity index (χ0v) is 21.5. The van der Waals surface area contributed by atoms with E-state index in [1.807, 2.05) is 30.3 Å². The molecule has 2 unspecified atom stereocenters. The molecule has 4 rings (SSSR count). The number of thioether (sulfide) groups is 1. The first-order valence-electron chi connectivity index (χ1n) is 13.3. The van der Waals surface area contributed by atoms with Gasteiger partial charge >= 0.3 is 0 Å². The van der Waals surface area contributed by atoms with Gasteiger partial charge in [-0.1, -0.05) is 50.8 Å². The van der Waals surface area contributed by atoms with Gasteiger partial charge in [-0.15, -0.1) is 11.8 Å². The highest BCUT2D eigenvalue weighted by Crippen LogP contribution is 2.66. The van der Waals surface area contributed by atoms with Crippen LogP contribution in [0.5, 0.6) is 0 Å². The summed E-state index contributed by atoms with van der Waals surface area (Å²) < 4.78 is -0.527. The lowest BCUT2D eigenvalue weighted by molar-refractivity contribution is -0.139. The van der Waals surface area contributed by atoms with Gasteiger partial charge in [0.2, 0.25) is 17.7 Å². The molecule has 192 valence electrons. The number of carbonyl (C=O) groups is 3. The molecule has 0 aliphatic carbocycles. The molecule has 5 atom stereocenters. The van der Waals surface area contributed by atoms with Crippen molar-refractivity contribution in [2.24, 2.45) is 11.8 Å². The summed E-state index contributed by atoms with van der Waals surface area (Å²) in [4.78, 5) is 42.6. The topological polar surface area (TPSA) is 98.7 Å². The van der Waals surface area contributed by atoms with Crippen molar-refractivity contribution in [3.05, 3.63) is 30.3 Å². The Morgan fingerprint density at radius 2 is 1.86 bits per heavy atom. The molecule has 3 aliphatic rings. The number of para-hydroxylation sites is 1. The maximum Gasteiger partial charge on any atom is 0.244 e. The average molecular weight is 502 g/mol. The van der Waals surface area contributed by atoms with Crippen molar-refractivity contribution in [2.45, 2.75) is 80.7 Å². The van der Waals surface area contributed by atoms with Crippen molar-refractivity contribution < 1.29 is 19.5 Å².